The van der Waals surface area contributed by atoms with E-state index in [4.69, 9.17) is 9.84 Å². The maximum absolute atomic E-state index is 12.0. The Morgan fingerprint density at radius 2 is 1.86 bits per heavy atom. The predicted octanol–water partition coefficient (Wildman–Crippen LogP) is 2.38. The van der Waals surface area contributed by atoms with Gasteiger partial charge in [-0.05, 0) is 37.1 Å². The number of aliphatic carboxylic acids is 1. The van der Waals surface area contributed by atoms with Gasteiger partial charge >= 0.3 is 5.97 Å². The van der Waals surface area contributed by atoms with Crippen molar-refractivity contribution in [3.63, 3.8) is 0 Å². The fourth-order valence-electron chi connectivity index (χ4n) is 2.14. The van der Waals surface area contributed by atoms with Gasteiger partial charge in [-0.1, -0.05) is 0 Å². The van der Waals surface area contributed by atoms with Gasteiger partial charge in [-0.25, -0.2) is 8.78 Å². The average molecular weight is 299 g/mol. The van der Waals surface area contributed by atoms with Gasteiger partial charge in [0.05, 0.1) is 11.8 Å². The van der Waals surface area contributed by atoms with E-state index in [9.17, 15) is 18.4 Å². The largest absolute Gasteiger partial charge is 0.488 e. The third kappa shape index (κ3) is 3.90. The molecule has 1 aliphatic rings. The summed E-state index contributed by atoms with van der Waals surface area (Å²) in [5, 5.41) is 11.5. The maximum Gasteiger partial charge on any atom is 0.307 e. The molecule has 21 heavy (non-hydrogen) atoms. The van der Waals surface area contributed by atoms with Crippen LogP contribution in [0.15, 0.2) is 24.3 Å². The number of hydrogen-bond donors (Lipinski definition) is 2. The molecule has 1 saturated carbocycles. The van der Waals surface area contributed by atoms with Crippen LogP contribution in [0.2, 0.25) is 0 Å². The van der Waals surface area contributed by atoms with Crippen LogP contribution in [0.5, 0.6) is 5.75 Å². The van der Waals surface area contributed by atoms with E-state index < -0.39 is 30.8 Å². The summed E-state index contributed by atoms with van der Waals surface area (Å²) in [6, 6.07) is 5.97. The lowest BCUT2D eigenvalue weighted by molar-refractivity contribution is -0.151. The van der Waals surface area contributed by atoms with E-state index in [2.05, 4.69) is 5.32 Å². The Kier molecular flexibility index (Phi) is 4.72. The predicted molar refractivity (Wildman–Crippen MR) is 70.4 cm³/mol. The molecule has 1 fully saturated rings. The fraction of sp³-hybridized carbons (Fsp3) is 0.429. The summed E-state index contributed by atoms with van der Waals surface area (Å²) in [5.41, 5.74) is 0.473. The Bertz CT molecular complexity index is 518. The second-order valence-electron chi connectivity index (χ2n) is 4.84. The van der Waals surface area contributed by atoms with Crippen LogP contribution in [0.25, 0.3) is 0 Å². The molecule has 7 heteroatoms. The number of rotatable bonds is 6. The number of carbonyl (C=O) groups excluding carboxylic acids is 1. The van der Waals surface area contributed by atoms with Crippen molar-refractivity contribution in [3.8, 4) is 5.75 Å². The third-order valence-corrected chi connectivity index (χ3v) is 3.43. The first kappa shape index (κ1) is 15.2. The van der Waals surface area contributed by atoms with Crippen LogP contribution in [0.4, 0.5) is 14.5 Å². The summed E-state index contributed by atoms with van der Waals surface area (Å²) in [5.74, 6) is -2.16. The minimum absolute atomic E-state index is 0.278. The van der Waals surface area contributed by atoms with E-state index in [1.54, 1.807) is 0 Å². The molecule has 0 heterocycles. The lowest BCUT2D eigenvalue weighted by atomic mass is 9.73. The molecule has 5 nitrogen and oxygen atoms in total. The van der Waals surface area contributed by atoms with Crippen LogP contribution in [0.3, 0.4) is 0 Å². The zero-order valence-corrected chi connectivity index (χ0v) is 11.1. The highest BCUT2D eigenvalue weighted by Gasteiger charge is 2.41. The van der Waals surface area contributed by atoms with Crippen molar-refractivity contribution >= 4 is 17.6 Å². The Hall–Kier alpha value is -2.18. The van der Waals surface area contributed by atoms with Crippen molar-refractivity contribution < 1.29 is 28.2 Å². The van der Waals surface area contributed by atoms with Crippen LogP contribution in [-0.4, -0.2) is 30.0 Å². The number of carbonyl (C=O) groups is 2. The fourth-order valence-corrected chi connectivity index (χ4v) is 2.14. The topological polar surface area (TPSA) is 75.6 Å². The molecule has 1 aliphatic carbocycles. The average Bonchev–Trinajstić information content (AvgIpc) is 2.35. The third-order valence-electron chi connectivity index (χ3n) is 3.43. The van der Waals surface area contributed by atoms with Crippen LogP contribution in [0.1, 0.15) is 12.8 Å². The van der Waals surface area contributed by atoms with Crippen molar-refractivity contribution in [2.24, 2.45) is 11.8 Å². The number of carboxylic acids is 1. The first-order chi connectivity index (χ1) is 9.97. The molecular formula is C14H15F2NO4. The van der Waals surface area contributed by atoms with Gasteiger partial charge in [-0.3, -0.25) is 9.59 Å². The summed E-state index contributed by atoms with van der Waals surface area (Å²) in [6.07, 6.45) is -1.48. The molecule has 0 aromatic heterocycles. The Balaban J connectivity index is 1.88. The lowest BCUT2D eigenvalue weighted by Crippen LogP contribution is -2.41. The number of nitrogens with one attached hydrogen (secondary N) is 1. The smallest absolute Gasteiger partial charge is 0.307 e. The Morgan fingerprint density at radius 3 is 2.33 bits per heavy atom. The number of anilines is 1. The van der Waals surface area contributed by atoms with Crippen molar-refractivity contribution in [2.75, 3.05) is 11.9 Å². The second-order valence-corrected chi connectivity index (χ2v) is 4.84. The van der Waals surface area contributed by atoms with Crippen LogP contribution in [0, 0.1) is 11.8 Å². The molecule has 1 aromatic rings. The number of ether oxygens (including phenoxy) is 1. The molecule has 0 aliphatic heterocycles. The van der Waals surface area contributed by atoms with Crippen molar-refractivity contribution in [2.45, 2.75) is 19.3 Å². The number of halogens is 2. The molecular weight excluding hydrogens is 284 g/mol. The summed E-state index contributed by atoms with van der Waals surface area (Å²) in [4.78, 5) is 22.8. The van der Waals surface area contributed by atoms with Gasteiger partial charge in [-0.15, -0.1) is 0 Å². The molecule has 0 spiro atoms. The number of amides is 1. The van der Waals surface area contributed by atoms with Gasteiger partial charge in [0.25, 0.3) is 6.43 Å². The van der Waals surface area contributed by atoms with Crippen molar-refractivity contribution in [3.05, 3.63) is 24.3 Å². The summed E-state index contributed by atoms with van der Waals surface area (Å²) in [6.45, 7) is -0.686. The first-order valence-electron chi connectivity index (χ1n) is 6.52. The van der Waals surface area contributed by atoms with Crippen LogP contribution >= 0.6 is 0 Å². The van der Waals surface area contributed by atoms with Gasteiger partial charge in [0.15, 0.2) is 0 Å². The van der Waals surface area contributed by atoms with Crippen molar-refractivity contribution in [1.82, 2.24) is 0 Å². The number of benzene rings is 1. The van der Waals surface area contributed by atoms with Gasteiger partial charge in [0, 0.05) is 5.69 Å². The van der Waals surface area contributed by atoms with E-state index in [-0.39, 0.29) is 11.7 Å². The lowest BCUT2D eigenvalue weighted by Gasteiger charge is -2.31. The van der Waals surface area contributed by atoms with Gasteiger partial charge in [0.1, 0.15) is 12.4 Å². The summed E-state index contributed by atoms with van der Waals surface area (Å²) < 4.78 is 28.8. The highest BCUT2D eigenvalue weighted by Crippen LogP contribution is 2.35. The van der Waals surface area contributed by atoms with Crippen LogP contribution in [-0.2, 0) is 9.59 Å². The van der Waals surface area contributed by atoms with E-state index >= 15 is 0 Å². The molecule has 0 bridgehead atoms. The van der Waals surface area contributed by atoms with Crippen molar-refractivity contribution in [1.29, 1.82) is 0 Å². The van der Waals surface area contributed by atoms with Gasteiger partial charge in [0.2, 0.25) is 5.91 Å². The molecule has 0 saturated heterocycles. The SMILES string of the molecule is O=C(O)C1CCC1C(=O)Nc1ccc(OCC(F)F)cc1. The maximum atomic E-state index is 12.0. The minimum Gasteiger partial charge on any atom is -0.488 e. The second kappa shape index (κ2) is 6.51. The monoisotopic (exact) mass is 299 g/mol. The van der Waals surface area contributed by atoms with E-state index in [1.807, 2.05) is 0 Å². The standard InChI is InChI=1S/C14H15F2NO4/c15-12(16)7-21-9-3-1-8(2-4-9)17-13(18)10-5-6-11(10)14(19)20/h1-4,10-12H,5-7H2,(H,17,18)(H,19,20). The number of alkyl halides is 2. The van der Waals surface area contributed by atoms with Gasteiger partial charge < -0.3 is 15.2 Å². The number of carboxylic acid groups (broad SMARTS) is 1. The Labute approximate surface area is 119 Å². The normalized spacial score (nSPS) is 20.7. The molecule has 0 radical (unpaired) electrons. The zero-order chi connectivity index (χ0) is 15.4. The van der Waals surface area contributed by atoms with Gasteiger partial charge in [-0.2, -0.15) is 0 Å². The molecule has 1 amide bonds. The first-order valence-corrected chi connectivity index (χ1v) is 6.52. The summed E-state index contributed by atoms with van der Waals surface area (Å²) >= 11 is 0. The molecule has 2 N–H and O–H groups in total. The molecule has 2 atom stereocenters. The zero-order valence-electron chi connectivity index (χ0n) is 11.1. The van der Waals surface area contributed by atoms with E-state index in [0.717, 1.165) is 0 Å². The summed E-state index contributed by atoms with van der Waals surface area (Å²) in [7, 11) is 0. The Morgan fingerprint density at radius 1 is 1.24 bits per heavy atom. The van der Waals surface area contributed by atoms with E-state index in [1.165, 1.54) is 24.3 Å². The highest BCUT2D eigenvalue weighted by molar-refractivity contribution is 5.96. The van der Waals surface area contributed by atoms with E-state index in [0.29, 0.717) is 18.5 Å². The quantitative estimate of drug-likeness (QED) is 0.845. The molecule has 114 valence electrons. The highest BCUT2D eigenvalue weighted by atomic mass is 19.3. The molecule has 2 unspecified atom stereocenters. The van der Waals surface area contributed by atoms with Crippen LogP contribution < -0.4 is 10.1 Å². The number of hydrogen-bond acceptors (Lipinski definition) is 3. The molecule has 2 rings (SSSR count). The molecule has 1 aromatic carbocycles. The minimum atomic E-state index is -2.55.